The first-order valence-electron chi connectivity index (χ1n) is 7.62. The summed E-state index contributed by atoms with van der Waals surface area (Å²) in [6, 6.07) is -0.189. The molecule has 0 aromatic rings. The molecule has 112 valence electrons. The maximum absolute atomic E-state index is 11.7. The Hall–Kier alpha value is -0.610. The van der Waals surface area contributed by atoms with E-state index in [1.807, 2.05) is 6.92 Å². The van der Waals surface area contributed by atoms with Crippen molar-refractivity contribution in [2.45, 2.75) is 46.1 Å². The zero-order chi connectivity index (χ0) is 14.3. The third kappa shape index (κ3) is 5.49. The van der Waals surface area contributed by atoms with Crippen molar-refractivity contribution in [3.63, 3.8) is 0 Å². The molecule has 1 fully saturated rings. The lowest BCUT2D eigenvalue weighted by molar-refractivity contribution is -0.143. The first-order chi connectivity index (χ1) is 9.08. The Balaban J connectivity index is 2.48. The van der Waals surface area contributed by atoms with Gasteiger partial charge in [-0.1, -0.05) is 20.8 Å². The van der Waals surface area contributed by atoms with Crippen LogP contribution in [0, 0.1) is 11.8 Å². The normalized spacial score (nSPS) is 23.1. The maximum Gasteiger partial charge on any atom is 0.324 e. The van der Waals surface area contributed by atoms with Gasteiger partial charge in [-0.15, -0.1) is 0 Å². The minimum absolute atomic E-state index is 0.147. The van der Waals surface area contributed by atoms with Crippen molar-refractivity contribution in [3.05, 3.63) is 0 Å². The van der Waals surface area contributed by atoms with Crippen LogP contribution in [0.3, 0.4) is 0 Å². The Morgan fingerprint density at radius 3 is 2.68 bits per heavy atom. The second kappa shape index (κ2) is 8.54. The number of methoxy groups -OCH3 is 1. The molecule has 0 aromatic heterocycles. The molecule has 1 rings (SSSR count). The molecule has 0 aliphatic carbocycles. The Kier molecular flexibility index (Phi) is 7.39. The molecule has 1 aliphatic heterocycles. The largest absolute Gasteiger partial charge is 0.468 e. The molecule has 0 spiro atoms. The number of esters is 1. The molecule has 1 aliphatic rings. The summed E-state index contributed by atoms with van der Waals surface area (Å²) in [6.07, 6.45) is 3.80. The van der Waals surface area contributed by atoms with Crippen molar-refractivity contribution in [3.8, 4) is 0 Å². The van der Waals surface area contributed by atoms with E-state index in [4.69, 9.17) is 4.74 Å². The van der Waals surface area contributed by atoms with Gasteiger partial charge >= 0.3 is 5.97 Å². The zero-order valence-electron chi connectivity index (χ0n) is 12.9. The predicted octanol–water partition coefficient (Wildman–Crippen LogP) is 1.90. The van der Waals surface area contributed by atoms with Crippen molar-refractivity contribution in [1.82, 2.24) is 10.2 Å². The number of nitrogens with zero attached hydrogens (tertiary/aromatic N) is 1. The third-order valence-electron chi connectivity index (χ3n) is 4.19. The standard InChI is InChI=1S/C15H30N2O2/c1-5-16-14(15(18)19-4)11-17-9-6-7-13(8-10-17)12(2)3/h12-14,16H,5-11H2,1-4H3. The van der Waals surface area contributed by atoms with Crippen LogP contribution in [0.5, 0.6) is 0 Å². The first kappa shape index (κ1) is 16.4. The highest BCUT2D eigenvalue weighted by atomic mass is 16.5. The zero-order valence-corrected chi connectivity index (χ0v) is 12.9. The van der Waals surface area contributed by atoms with Gasteiger partial charge in [0.05, 0.1) is 7.11 Å². The van der Waals surface area contributed by atoms with E-state index in [0.29, 0.717) is 0 Å². The lowest BCUT2D eigenvalue weighted by Gasteiger charge is -2.25. The second-order valence-electron chi connectivity index (χ2n) is 5.87. The fraction of sp³-hybridized carbons (Fsp3) is 0.933. The van der Waals surface area contributed by atoms with Crippen LogP contribution in [-0.2, 0) is 9.53 Å². The molecular formula is C15H30N2O2. The molecule has 1 saturated heterocycles. The third-order valence-corrected chi connectivity index (χ3v) is 4.19. The molecule has 0 bridgehead atoms. The Morgan fingerprint density at radius 2 is 2.11 bits per heavy atom. The maximum atomic E-state index is 11.7. The number of ether oxygens (including phenoxy) is 1. The van der Waals surface area contributed by atoms with E-state index < -0.39 is 0 Å². The molecule has 19 heavy (non-hydrogen) atoms. The highest BCUT2D eigenvalue weighted by molar-refractivity contribution is 5.75. The molecule has 2 atom stereocenters. The number of carbonyl (C=O) groups excluding carboxylic acids is 1. The number of hydrogen-bond acceptors (Lipinski definition) is 4. The van der Waals surface area contributed by atoms with Gasteiger partial charge in [-0.3, -0.25) is 4.79 Å². The van der Waals surface area contributed by atoms with Crippen LogP contribution in [0.2, 0.25) is 0 Å². The van der Waals surface area contributed by atoms with Crippen molar-refractivity contribution < 1.29 is 9.53 Å². The summed E-state index contributed by atoms with van der Waals surface area (Å²) in [6.45, 7) is 10.4. The Labute approximate surface area is 117 Å². The van der Waals surface area contributed by atoms with E-state index >= 15 is 0 Å². The average Bonchev–Trinajstić information content (AvgIpc) is 2.63. The van der Waals surface area contributed by atoms with Crippen molar-refractivity contribution in [2.24, 2.45) is 11.8 Å². The molecule has 1 heterocycles. The molecular weight excluding hydrogens is 240 g/mol. The first-order valence-corrected chi connectivity index (χ1v) is 7.62. The summed E-state index contributed by atoms with van der Waals surface area (Å²) in [5.41, 5.74) is 0. The van der Waals surface area contributed by atoms with E-state index in [1.165, 1.54) is 26.4 Å². The van der Waals surface area contributed by atoms with Gasteiger partial charge in [0, 0.05) is 6.54 Å². The van der Waals surface area contributed by atoms with E-state index in [2.05, 4.69) is 24.1 Å². The van der Waals surface area contributed by atoms with E-state index in [1.54, 1.807) is 0 Å². The van der Waals surface area contributed by atoms with Gasteiger partial charge in [0.1, 0.15) is 6.04 Å². The number of likely N-dealkylation sites (tertiary alicyclic amines) is 1. The van der Waals surface area contributed by atoms with E-state index in [9.17, 15) is 4.79 Å². The number of hydrogen-bond donors (Lipinski definition) is 1. The molecule has 4 nitrogen and oxygen atoms in total. The van der Waals surface area contributed by atoms with E-state index in [0.717, 1.165) is 38.0 Å². The van der Waals surface area contributed by atoms with Crippen molar-refractivity contribution in [1.29, 1.82) is 0 Å². The summed E-state index contributed by atoms with van der Waals surface area (Å²) in [5, 5.41) is 3.22. The van der Waals surface area contributed by atoms with Gasteiger partial charge in [0.15, 0.2) is 0 Å². The van der Waals surface area contributed by atoms with Gasteiger partial charge in [-0.2, -0.15) is 0 Å². The van der Waals surface area contributed by atoms with Gasteiger partial charge in [0.2, 0.25) is 0 Å². The molecule has 4 heteroatoms. The Bertz CT molecular complexity index is 269. The van der Waals surface area contributed by atoms with Crippen LogP contribution in [0.15, 0.2) is 0 Å². The molecule has 0 aromatic carbocycles. The summed E-state index contributed by atoms with van der Waals surface area (Å²) in [5.74, 6) is 1.46. The fourth-order valence-corrected chi connectivity index (χ4v) is 2.90. The van der Waals surface area contributed by atoms with Gasteiger partial charge in [0.25, 0.3) is 0 Å². The smallest absolute Gasteiger partial charge is 0.324 e. The number of carbonyl (C=O) groups is 1. The SMILES string of the molecule is CCNC(CN1CCCC(C(C)C)CC1)C(=O)OC. The number of rotatable bonds is 6. The summed E-state index contributed by atoms with van der Waals surface area (Å²) in [7, 11) is 1.46. The fourth-order valence-electron chi connectivity index (χ4n) is 2.90. The lowest BCUT2D eigenvalue weighted by Crippen LogP contribution is -2.47. The van der Waals surface area contributed by atoms with Crippen LogP contribution in [0.1, 0.15) is 40.0 Å². The minimum atomic E-state index is -0.189. The van der Waals surface area contributed by atoms with Gasteiger partial charge < -0.3 is 15.0 Å². The quantitative estimate of drug-likeness (QED) is 0.749. The highest BCUT2D eigenvalue weighted by Gasteiger charge is 2.24. The van der Waals surface area contributed by atoms with Crippen LogP contribution in [0.25, 0.3) is 0 Å². The monoisotopic (exact) mass is 270 g/mol. The number of nitrogens with one attached hydrogen (secondary N) is 1. The second-order valence-corrected chi connectivity index (χ2v) is 5.87. The van der Waals surface area contributed by atoms with Crippen molar-refractivity contribution in [2.75, 3.05) is 33.3 Å². The number of likely N-dealkylation sites (N-methyl/N-ethyl adjacent to an activating group) is 1. The molecule has 1 N–H and O–H groups in total. The molecule has 2 unspecified atom stereocenters. The minimum Gasteiger partial charge on any atom is -0.468 e. The van der Waals surface area contributed by atoms with Gasteiger partial charge in [-0.25, -0.2) is 0 Å². The van der Waals surface area contributed by atoms with Gasteiger partial charge in [-0.05, 0) is 50.7 Å². The summed E-state index contributed by atoms with van der Waals surface area (Å²) < 4.78 is 4.87. The summed E-state index contributed by atoms with van der Waals surface area (Å²) >= 11 is 0. The van der Waals surface area contributed by atoms with Crippen molar-refractivity contribution >= 4 is 5.97 Å². The molecule has 0 saturated carbocycles. The average molecular weight is 270 g/mol. The van der Waals surface area contributed by atoms with E-state index in [-0.39, 0.29) is 12.0 Å². The Morgan fingerprint density at radius 1 is 1.37 bits per heavy atom. The van der Waals surface area contributed by atoms with Crippen LogP contribution >= 0.6 is 0 Å². The summed E-state index contributed by atoms with van der Waals surface area (Å²) in [4.78, 5) is 14.1. The topological polar surface area (TPSA) is 41.6 Å². The highest BCUT2D eigenvalue weighted by Crippen LogP contribution is 2.24. The molecule has 0 amide bonds. The van der Waals surface area contributed by atoms with Crippen LogP contribution in [0.4, 0.5) is 0 Å². The molecule has 0 radical (unpaired) electrons. The lowest BCUT2D eigenvalue weighted by atomic mass is 9.89. The predicted molar refractivity (Wildman–Crippen MR) is 78.1 cm³/mol. The van der Waals surface area contributed by atoms with Crippen LogP contribution in [-0.4, -0.2) is 50.2 Å². The van der Waals surface area contributed by atoms with Crippen LogP contribution < -0.4 is 5.32 Å².